The summed E-state index contributed by atoms with van der Waals surface area (Å²) in [6.45, 7) is 3.26. The second-order valence-corrected chi connectivity index (χ2v) is 4.26. The molecule has 1 aromatic rings. The minimum Gasteiger partial charge on any atom is -0.355 e. The Bertz CT molecular complexity index is 415. The van der Waals surface area contributed by atoms with E-state index in [2.05, 4.69) is 10.6 Å². The van der Waals surface area contributed by atoms with E-state index < -0.39 is 0 Å². The van der Waals surface area contributed by atoms with Crippen molar-refractivity contribution in [2.24, 2.45) is 5.73 Å². The van der Waals surface area contributed by atoms with Crippen LogP contribution in [0.2, 0.25) is 0 Å². The van der Waals surface area contributed by atoms with Crippen LogP contribution >= 0.6 is 0 Å². The number of hydrogen-bond acceptors (Lipinski definition) is 3. The number of nitrogens with two attached hydrogens (primary N) is 1. The normalized spacial score (nSPS) is 10.0. The molecule has 0 spiro atoms. The number of benzene rings is 1. The standard InChI is InChI=1S/C14H21N3O2/c1-2-8-17-14(19)12-5-3-11(4-6-12)7-9-16-13(18)10-15/h3-6H,2,7-10,15H2,1H3,(H,16,18)(H,17,19). The lowest BCUT2D eigenvalue weighted by molar-refractivity contribution is -0.119. The summed E-state index contributed by atoms with van der Waals surface area (Å²) in [7, 11) is 0. The van der Waals surface area contributed by atoms with Crippen LogP contribution in [0.3, 0.4) is 0 Å². The molecule has 5 nitrogen and oxygen atoms in total. The number of nitrogens with one attached hydrogen (secondary N) is 2. The average molecular weight is 263 g/mol. The Kier molecular flexibility index (Phi) is 6.60. The highest BCUT2D eigenvalue weighted by Crippen LogP contribution is 2.05. The Hall–Kier alpha value is -1.88. The monoisotopic (exact) mass is 263 g/mol. The molecule has 0 saturated carbocycles. The summed E-state index contributed by atoms with van der Waals surface area (Å²) in [4.78, 5) is 22.6. The van der Waals surface area contributed by atoms with Gasteiger partial charge in [0.25, 0.3) is 5.91 Å². The summed E-state index contributed by atoms with van der Waals surface area (Å²) in [5.41, 5.74) is 6.92. The number of hydrogen-bond donors (Lipinski definition) is 3. The Morgan fingerprint density at radius 2 is 1.79 bits per heavy atom. The number of carbonyl (C=O) groups excluding carboxylic acids is 2. The Labute approximate surface area is 113 Å². The summed E-state index contributed by atoms with van der Waals surface area (Å²) < 4.78 is 0. The molecule has 1 rings (SSSR count). The van der Waals surface area contributed by atoms with Crippen molar-refractivity contribution in [3.8, 4) is 0 Å². The van der Waals surface area contributed by atoms with Crippen molar-refractivity contribution in [3.05, 3.63) is 35.4 Å². The van der Waals surface area contributed by atoms with E-state index in [-0.39, 0.29) is 18.4 Å². The molecule has 1 aromatic carbocycles. The predicted octanol–water partition coefficient (Wildman–Crippen LogP) is 0.444. The van der Waals surface area contributed by atoms with Gasteiger partial charge in [0.15, 0.2) is 0 Å². The van der Waals surface area contributed by atoms with Gasteiger partial charge in [-0.05, 0) is 30.5 Å². The van der Waals surface area contributed by atoms with Crippen LogP contribution in [0.15, 0.2) is 24.3 Å². The molecule has 0 bridgehead atoms. The summed E-state index contributed by atoms with van der Waals surface area (Å²) in [5.74, 6) is -0.208. The van der Waals surface area contributed by atoms with Crippen molar-refractivity contribution in [1.82, 2.24) is 10.6 Å². The highest BCUT2D eigenvalue weighted by atomic mass is 16.2. The summed E-state index contributed by atoms with van der Waals surface area (Å²) in [6, 6.07) is 7.39. The third kappa shape index (κ3) is 5.52. The number of amides is 2. The summed E-state index contributed by atoms with van der Waals surface area (Å²) in [5, 5.41) is 5.53. The largest absolute Gasteiger partial charge is 0.355 e. The molecule has 104 valence electrons. The van der Waals surface area contributed by atoms with E-state index in [1.165, 1.54) is 0 Å². The maximum absolute atomic E-state index is 11.7. The van der Waals surface area contributed by atoms with Crippen LogP contribution in [0.4, 0.5) is 0 Å². The maximum Gasteiger partial charge on any atom is 0.251 e. The zero-order valence-electron chi connectivity index (χ0n) is 11.2. The van der Waals surface area contributed by atoms with Crippen molar-refractivity contribution >= 4 is 11.8 Å². The van der Waals surface area contributed by atoms with E-state index in [4.69, 9.17) is 5.73 Å². The van der Waals surface area contributed by atoms with E-state index in [0.717, 1.165) is 18.4 Å². The van der Waals surface area contributed by atoms with E-state index in [1.807, 2.05) is 19.1 Å². The fourth-order valence-corrected chi connectivity index (χ4v) is 1.58. The topological polar surface area (TPSA) is 84.2 Å². The lowest BCUT2D eigenvalue weighted by Crippen LogP contribution is -2.31. The zero-order chi connectivity index (χ0) is 14.1. The van der Waals surface area contributed by atoms with Crippen molar-refractivity contribution < 1.29 is 9.59 Å². The van der Waals surface area contributed by atoms with Crippen LogP contribution < -0.4 is 16.4 Å². The van der Waals surface area contributed by atoms with Crippen molar-refractivity contribution in [2.45, 2.75) is 19.8 Å². The molecule has 0 radical (unpaired) electrons. The molecule has 2 amide bonds. The third-order valence-electron chi connectivity index (χ3n) is 2.67. The van der Waals surface area contributed by atoms with Gasteiger partial charge in [0, 0.05) is 18.7 Å². The van der Waals surface area contributed by atoms with E-state index in [9.17, 15) is 9.59 Å². The van der Waals surface area contributed by atoms with Gasteiger partial charge in [0.05, 0.1) is 6.54 Å². The fraction of sp³-hybridized carbons (Fsp3) is 0.429. The van der Waals surface area contributed by atoms with Gasteiger partial charge in [-0.25, -0.2) is 0 Å². The summed E-state index contributed by atoms with van der Waals surface area (Å²) in [6.07, 6.45) is 1.65. The van der Waals surface area contributed by atoms with Crippen LogP contribution in [0.5, 0.6) is 0 Å². The smallest absolute Gasteiger partial charge is 0.251 e. The first-order valence-corrected chi connectivity index (χ1v) is 6.51. The van der Waals surface area contributed by atoms with Crippen molar-refractivity contribution in [3.63, 3.8) is 0 Å². The van der Waals surface area contributed by atoms with E-state index >= 15 is 0 Å². The maximum atomic E-state index is 11.7. The SMILES string of the molecule is CCCNC(=O)c1ccc(CCNC(=O)CN)cc1. The molecule has 0 aliphatic carbocycles. The number of carbonyl (C=O) groups is 2. The zero-order valence-corrected chi connectivity index (χ0v) is 11.2. The Morgan fingerprint density at radius 1 is 1.11 bits per heavy atom. The lowest BCUT2D eigenvalue weighted by Gasteiger charge is -2.06. The van der Waals surface area contributed by atoms with E-state index in [1.54, 1.807) is 12.1 Å². The molecular formula is C14H21N3O2. The minimum atomic E-state index is -0.157. The first kappa shape index (κ1) is 15.2. The quantitative estimate of drug-likeness (QED) is 0.667. The second kappa shape index (κ2) is 8.26. The van der Waals surface area contributed by atoms with Gasteiger partial charge in [-0.3, -0.25) is 9.59 Å². The molecule has 0 atom stereocenters. The van der Waals surface area contributed by atoms with Crippen molar-refractivity contribution in [2.75, 3.05) is 19.6 Å². The van der Waals surface area contributed by atoms with Crippen LogP contribution in [-0.4, -0.2) is 31.4 Å². The molecule has 4 N–H and O–H groups in total. The molecule has 0 fully saturated rings. The van der Waals surface area contributed by atoms with Gasteiger partial charge in [0.1, 0.15) is 0 Å². The summed E-state index contributed by atoms with van der Waals surface area (Å²) >= 11 is 0. The van der Waals surface area contributed by atoms with E-state index in [0.29, 0.717) is 18.7 Å². The molecule has 0 aromatic heterocycles. The number of rotatable bonds is 7. The first-order valence-electron chi connectivity index (χ1n) is 6.51. The van der Waals surface area contributed by atoms with Gasteiger partial charge in [-0.1, -0.05) is 19.1 Å². The van der Waals surface area contributed by atoms with Gasteiger partial charge in [-0.15, -0.1) is 0 Å². The molecule has 19 heavy (non-hydrogen) atoms. The van der Waals surface area contributed by atoms with Gasteiger partial charge in [0.2, 0.25) is 5.91 Å². The highest BCUT2D eigenvalue weighted by Gasteiger charge is 2.04. The molecule has 0 heterocycles. The predicted molar refractivity (Wildman–Crippen MR) is 74.8 cm³/mol. The fourth-order valence-electron chi connectivity index (χ4n) is 1.58. The highest BCUT2D eigenvalue weighted by molar-refractivity contribution is 5.94. The molecule has 0 saturated heterocycles. The van der Waals surface area contributed by atoms with Crippen LogP contribution in [0, 0.1) is 0 Å². The molecule has 5 heteroatoms. The third-order valence-corrected chi connectivity index (χ3v) is 2.67. The molecule has 0 aliphatic rings. The van der Waals surface area contributed by atoms with Crippen LogP contribution in [0.25, 0.3) is 0 Å². The first-order chi connectivity index (χ1) is 9.17. The van der Waals surface area contributed by atoms with Crippen molar-refractivity contribution in [1.29, 1.82) is 0 Å². The second-order valence-electron chi connectivity index (χ2n) is 4.26. The molecule has 0 unspecified atom stereocenters. The van der Waals surface area contributed by atoms with Gasteiger partial charge in [-0.2, -0.15) is 0 Å². The molecular weight excluding hydrogens is 242 g/mol. The van der Waals surface area contributed by atoms with Gasteiger partial charge >= 0.3 is 0 Å². The lowest BCUT2D eigenvalue weighted by atomic mass is 10.1. The van der Waals surface area contributed by atoms with Gasteiger partial charge < -0.3 is 16.4 Å². The van der Waals surface area contributed by atoms with Crippen LogP contribution in [-0.2, 0) is 11.2 Å². The Morgan fingerprint density at radius 3 is 2.37 bits per heavy atom. The van der Waals surface area contributed by atoms with Crippen LogP contribution in [0.1, 0.15) is 29.3 Å². The average Bonchev–Trinajstić information content (AvgIpc) is 2.45. The molecule has 0 aliphatic heterocycles. The minimum absolute atomic E-state index is 0.0105. The Balaban J connectivity index is 2.43.